The normalized spacial score (nSPS) is 11.2. The van der Waals surface area contributed by atoms with Gasteiger partial charge in [0.05, 0.1) is 11.2 Å². The monoisotopic (exact) mass is 399 g/mol. The fraction of sp³-hybridized carbons (Fsp3) is 0.250. The van der Waals surface area contributed by atoms with E-state index in [0.717, 1.165) is 28.0 Å². The molecular weight excluding hydrogens is 374 g/mol. The van der Waals surface area contributed by atoms with E-state index in [2.05, 4.69) is 63.4 Å². The van der Waals surface area contributed by atoms with Crippen LogP contribution in [0.15, 0.2) is 54.9 Å². The molecule has 0 amide bonds. The summed E-state index contributed by atoms with van der Waals surface area (Å²) in [5.41, 5.74) is 6.62. The molecule has 1 N–H and O–H groups in total. The highest BCUT2D eigenvalue weighted by Crippen LogP contribution is 2.28. The van der Waals surface area contributed by atoms with Crippen LogP contribution in [0.4, 0.5) is 11.5 Å². The highest BCUT2D eigenvalue weighted by molar-refractivity contribution is 5.89. The fourth-order valence-electron chi connectivity index (χ4n) is 3.35. The molecule has 152 valence electrons. The Morgan fingerprint density at radius 2 is 1.83 bits per heavy atom. The highest BCUT2D eigenvalue weighted by Gasteiger charge is 2.13. The number of anilines is 2. The zero-order valence-electron chi connectivity index (χ0n) is 17.7. The van der Waals surface area contributed by atoms with Crippen LogP contribution in [0.1, 0.15) is 36.7 Å². The maximum Gasteiger partial charge on any atom is 0.160 e. The van der Waals surface area contributed by atoms with Gasteiger partial charge in [-0.05, 0) is 48.2 Å². The number of nitrogens with zero attached hydrogens (tertiary/aromatic N) is 4. The van der Waals surface area contributed by atoms with Crippen LogP contribution in [0.2, 0.25) is 0 Å². The molecule has 0 saturated heterocycles. The second kappa shape index (κ2) is 8.55. The molecule has 0 aliphatic rings. The van der Waals surface area contributed by atoms with Gasteiger partial charge >= 0.3 is 0 Å². The van der Waals surface area contributed by atoms with Gasteiger partial charge in [0.15, 0.2) is 11.6 Å². The predicted molar refractivity (Wildman–Crippen MR) is 120 cm³/mol. The van der Waals surface area contributed by atoms with Gasteiger partial charge in [0.2, 0.25) is 0 Å². The van der Waals surface area contributed by atoms with Crippen LogP contribution in [-0.2, 0) is 11.3 Å². The Labute approximate surface area is 176 Å². The van der Waals surface area contributed by atoms with Crippen molar-refractivity contribution in [3.8, 4) is 11.3 Å². The number of hydrogen-bond donors (Lipinski definition) is 1. The van der Waals surface area contributed by atoms with Crippen LogP contribution in [0, 0.1) is 6.92 Å². The second-order valence-corrected chi connectivity index (χ2v) is 7.58. The van der Waals surface area contributed by atoms with E-state index in [1.165, 1.54) is 5.56 Å². The Kier molecular flexibility index (Phi) is 5.68. The van der Waals surface area contributed by atoms with Crippen LogP contribution in [0.5, 0.6) is 0 Å². The molecule has 30 heavy (non-hydrogen) atoms. The fourth-order valence-corrected chi connectivity index (χ4v) is 3.35. The van der Waals surface area contributed by atoms with Gasteiger partial charge in [0.1, 0.15) is 12.1 Å². The molecule has 1 aromatic carbocycles. The van der Waals surface area contributed by atoms with Gasteiger partial charge in [-0.1, -0.05) is 32.0 Å². The first-order valence-corrected chi connectivity index (χ1v) is 9.99. The van der Waals surface area contributed by atoms with Crippen LogP contribution < -0.4 is 5.32 Å². The summed E-state index contributed by atoms with van der Waals surface area (Å²) in [4.78, 5) is 18.5. The first-order valence-electron chi connectivity index (χ1n) is 9.99. The number of fused-ring (bicyclic) bond motifs is 1. The molecule has 0 unspecified atom stereocenters. The van der Waals surface area contributed by atoms with Gasteiger partial charge in [-0.2, -0.15) is 0 Å². The summed E-state index contributed by atoms with van der Waals surface area (Å²) in [5.74, 6) is 1.75. The maximum atomic E-state index is 5.27. The summed E-state index contributed by atoms with van der Waals surface area (Å²) >= 11 is 0. The first-order chi connectivity index (χ1) is 14.5. The van der Waals surface area contributed by atoms with E-state index in [9.17, 15) is 0 Å². The Morgan fingerprint density at radius 3 is 2.53 bits per heavy atom. The number of hydrogen-bond acceptors (Lipinski definition) is 6. The van der Waals surface area contributed by atoms with E-state index in [-0.39, 0.29) is 0 Å². The average Bonchev–Trinajstić information content (AvgIpc) is 2.74. The van der Waals surface area contributed by atoms with E-state index < -0.39 is 0 Å². The summed E-state index contributed by atoms with van der Waals surface area (Å²) < 4.78 is 5.27. The molecule has 6 heteroatoms. The lowest BCUT2D eigenvalue weighted by molar-refractivity contribution is 0.178. The molecule has 0 radical (unpaired) electrons. The number of benzene rings is 1. The molecule has 4 rings (SSSR count). The Bertz CT molecular complexity index is 1170. The van der Waals surface area contributed by atoms with Crippen LogP contribution >= 0.6 is 0 Å². The minimum absolute atomic E-state index is 0.323. The van der Waals surface area contributed by atoms with Crippen LogP contribution in [0.25, 0.3) is 22.3 Å². The number of nitrogens with one attached hydrogen (secondary N) is 1. The lowest BCUT2D eigenvalue weighted by Crippen LogP contribution is -2.04. The first kappa shape index (κ1) is 19.9. The van der Waals surface area contributed by atoms with Crippen LogP contribution in [0.3, 0.4) is 0 Å². The van der Waals surface area contributed by atoms with Crippen molar-refractivity contribution in [3.05, 3.63) is 71.8 Å². The van der Waals surface area contributed by atoms with E-state index in [1.807, 2.05) is 31.3 Å². The Hall–Kier alpha value is -3.38. The lowest BCUT2D eigenvalue weighted by atomic mass is 10.0. The standard InChI is InChI=1S/C24H25N5O/c1-15(2)17-7-9-19(10-8-17)27-24-23-20(28-21(29-24)14-30-4)12-18(13-26-23)22-16(3)6-5-11-25-22/h5-13,15H,14H2,1-4H3,(H,27,28,29). The molecule has 0 spiro atoms. The Morgan fingerprint density at radius 1 is 1.03 bits per heavy atom. The smallest absolute Gasteiger partial charge is 0.160 e. The zero-order valence-corrected chi connectivity index (χ0v) is 17.7. The Balaban J connectivity index is 1.77. The zero-order chi connectivity index (χ0) is 21.1. The molecule has 3 heterocycles. The van der Waals surface area contributed by atoms with Gasteiger partial charge in [-0.3, -0.25) is 4.98 Å². The SMILES string of the molecule is COCc1nc(Nc2ccc(C(C)C)cc2)c2ncc(-c3ncccc3C)cc2n1. The van der Waals surface area contributed by atoms with E-state index in [4.69, 9.17) is 4.74 Å². The van der Waals surface area contributed by atoms with Crippen molar-refractivity contribution < 1.29 is 4.74 Å². The minimum atomic E-state index is 0.323. The van der Waals surface area contributed by atoms with Crippen molar-refractivity contribution in [2.75, 3.05) is 12.4 Å². The predicted octanol–water partition coefficient (Wildman–Crippen LogP) is 5.41. The third kappa shape index (κ3) is 4.14. The quantitative estimate of drug-likeness (QED) is 0.467. The van der Waals surface area contributed by atoms with Crippen molar-refractivity contribution in [1.82, 2.24) is 19.9 Å². The minimum Gasteiger partial charge on any atom is -0.377 e. The lowest BCUT2D eigenvalue weighted by Gasteiger charge is -2.12. The van der Waals surface area contributed by atoms with Crippen molar-refractivity contribution >= 4 is 22.5 Å². The molecule has 6 nitrogen and oxygen atoms in total. The number of rotatable bonds is 6. The number of pyridine rings is 2. The van der Waals surface area contributed by atoms with E-state index >= 15 is 0 Å². The molecule has 3 aromatic heterocycles. The van der Waals surface area contributed by atoms with E-state index in [0.29, 0.717) is 29.7 Å². The highest BCUT2D eigenvalue weighted by atomic mass is 16.5. The third-order valence-corrected chi connectivity index (χ3v) is 4.98. The van der Waals surface area contributed by atoms with Crippen molar-refractivity contribution in [2.45, 2.75) is 33.3 Å². The van der Waals surface area contributed by atoms with Crippen molar-refractivity contribution in [1.29, 1.82) is 0 Å². The van der Waals surface area contributed by atoms with Gasteiger partial charge in [-0.25, -0.2) is 15.0 Å². The second-order valence-electron chi connectivity index (χ2n) is 7.58. The topological polar surface area (TPSA) is 72.8 Å². The summed E-state index contributed by atoms with van der Waals surface area (Å²) in [6.07, 6.45) is 3.61. The number of methoxy groups -OCH3 is 1. The molecule has 0 bridgehead atoms. The molecule has 0 fully saturated rings. The summed E-state index contributed by atoms with van der Waals surface area (Å²) in [5, 5.41) is 3.40. The molecular formula is C24H25N5O. The number of aromatic nitrogens is 4. The van der Waals surface area contributed by atoms with Crippen molar-refractivity contribution in [2.24, 2.45) is 0 Å². The van der Waals surface area contributed by atoms with Gasteiger partial charge in [0, 0.05) is 30.8 Å². The molecule has 4 aromatic rings. The molecule has 0 saturated carbocycles. The van der Waals surface area contributed by atoms with Gasteiger partial charge < -0.3 is 10.1 Å². The number of ether oxygens (including phenoxy) is 1. The summed E-state index contributed by atoms with van der Waals surface area (Å²) in [6, 6.07) is 14.3. The molecule has 0 atom stereocenters. The third-order valence-electron chi connectivity index (χ3n) is 4.98. The van der Waals surface area contributed by atoms with Gasteiger partial charge in [-0.15, -0.1) is 0 Å². The average molecular weight is 399 g/mol. The van der Waals surface area contributed by atoms with Crippen LogP contribution in [-0.4, -0.2) is 27.0 Å². The van der Waals surface area contributed by atoms with E-state index in [1.54, 1.807) is 13.3 Å². The largest absolute Gasteiger partial charge is 0.377 e. The maximum absolute atomic E-state index is 5.27. The molecule has 0 aliphatic carbocycles. The summed E-state index contributed by atoms with van der Waals surface area (Å²) in [7, 11) is 1.64. The number of aryl methyl sites for hydroxylation is 1. The molecule has 0 aliphatic heterocycles. The van der Waals surface area contributed by atoms with Crippen molar-refractivity contribution in [3.63, 3.8) is 0 Å². The summed E-state index contributed by atoms with van der Waals surface area (Å²) in [6.45, 7) is 6.73. The van der Waals surface area contributed by atoms with Gasteiger partial charge in [0.25, 0.3) is 0 Å².